The van der Waals surface area contributed by atoms with E-state index < -0.39 is 41.4 Å². The van der Waals surface area contributed by atoms with E-state index in [1.165, 1.54) is 9.80 Å². The lowest BCUT2D eigenvalue weighted by Gasteiger charge is -2.31. The number of benzene rings is 2. The Morgan fingerprint density at radius 1 is 0.853 bits per heavy atom. The highest BCUT2D eigenvalue weighted by Crippen LogP contribution is 2.38. The molecule has 1 unspecified atom stereocenters. The van der Waals surface area contributed by atoms with Crippen LogP contribution in [0.5, 0.6) is 0 Å². The number of carbonyl (C=O) groups excluding carboxylic acids is 1. The number of halogens is 6. The zero-order chi connectivity index (χ0) is 24.5. The molecule has 0 aliphatic carbocycles. The molecule has 1 aliphatic rings. The Hall–Kier alpha value is -3.56. The largest absolute Gasteiger partial charge is 0.433 e. The van der Waals surface area contributed by atoms with Crippen LogP contribution < -0.4 is 9.80 Å². The summed E-state index contributed by atoms with van der Waals surface area (Å²) >= 11 is 0. The summed E-state index contributed by atoms with van der Waals surface area (Å²) in [5, 5.41) is 0. The van der Waals surface area contributed by atoms with Crippen LogP contribution in [0.15, 0.2) is 72.8 Å². The maximum absolute atomic E-state index is 13.7. The zero-order valence-corrected chi connectivity index (χ0v) is 17.6. The lowest BCUT2D eigenvalue weighted by Crippen LogP contribution is -2.44. The molecule has 178 valence electrons. The van der Waals surface area contributed by atoms with E-state index >= 15 is 0 Å². The molecule has 4 rings (SSSR count). The van der Waals surface area contributed by atoms with Gasteiger partial charge >= 0.3 is 12.4 Å². The fraction of sp³-hybridized carbons (Fsp3) is 0.250. The summed E-state index contributed by atoms with van der Waals surface area (Å²) in [7, 11) is 0. The van der Waals surface area contributed by atoms with E-state index in [-0.39, 0.29) is 19.0 Å². The third kappa shape index (κ3) is 4.85. The molecule has 0 radical (unpaired) electrons. The molecule has 0 saturated carbocycles. The molecule has 2 aromatic carbocycles. The fourth-order valence-electron chi connectivity index (χ4n) is 3.98. The van der Waals surface area contributed by atoms with Crippen molar-refractivity contribution in [2.24, 2.45) is 0 Å². The Morgan fingerprint density at radius 2 is 1.41 bits per heavy atom. The number of amides is 1. The van der Waals surface area contributed by atoms with Crippen molar-refractivity contribution in [1.82, 2.24) is 4.98 Å². The molecule has 1 aliphatic heterocycles. The molecule has 0 bridgehead atoms. The number of nitrogens with zero attached hydrogens (tertiary/aromatic N) is 3. The van der Waals surface area contributed by atoms with E-state index in [0.29, 0.717) is 23.9 Å². The molecular formula is C24H19F6N3O. The number of rotatable bonds is 4. The topological polar surface area (TPSA) is 36.4 Å². The SMILES string of the molecule is O=C(C1CCCN1c1cc(C(F)(F)F)cc(C(F)(F)F)n1)N(c1ccccc1)c1ccccc1. The van der Waals surface area contributed by atoms with Crippen LogP contribution in [0.1, 0.15) is 24.1 Å². The predicted octanol–water partition coefficient (Wildman–Crippen LogP) is 6.45. The summed E-state index contributed by atoms with van der Waals surface area (Å²) < 4.78 is 80.1. The highest BCUT2D eigenvalue weighted by molar-refractivity contribution is 6.05. The van der Waals surface area contributed by atoms with Gasteiger partial charge in [0.1, 0.15) is 17.6 Å². The maximum Gasteiger partial charge on any atom is 0.433 e. The highest BCUT2D eigenvalue weighted by Gasteiger charge is 2.41. The summed E-state index contributed by atoms with van der Waals surface area (Å²) in [4.78, 5) is 19.8. The van der Waals surface area contributed by atoms with Crippen molar-refractivity contribution in [3.8, 4) is 0 Å². The van der Waals surface area contributed by atoms with Gasteiger partial charge in [-0.3, -0.25) is 9.69 Å². The monoisotopic (exact) mass is 479 g/mol. The van der Waals surface area contributed by atoms with Crippen molar-refractivity contribution in [2.75, 3.05) is 16.3 Å². The summed E-state index contributed by atoms with van der Waals surface area (Å²) in [6.07, 6.45) is -9.41. The van der Waals surface area contributed by atoms with Crippen molar-refractivity contribution in [2.45, 2.75) is 31.2 Å². The first-order valence-electron chi connectivity index (χ1n) is 10.4. The Labute approximate surface area is 191 Å². The molecule has 1 saturated heterocycles. The summed E-state index contributed by atoms with van der Waals surface area (Å²) in [6, 6.07) is 16.8. The van der Waals surface area contributed by atoms with Crippen molar-refractivity contribution < 1.29 is 31.1 Å². The van der Waals surface area contributed by atoms with Gasteiger partial charge in [0.05, 0.1) is 5.56 Å². The Kier molecular flexibility index (Phi) is 6.24. The molecule has 3 aromatic rings. The normalized spacial score (nSPS) is 16.5. The summed E-state index contributed by atoms with van der Waals surface area (Å²) in [6.45, 7) is 0.0967. The van der Waals surface area contributed by atoms with Crippen molar-refractivity contribution in [3.05, 3.63) is 84.1 Å². The molecule has 2 heterocycles. The highest BCUT2D eigenvalue weighted by atomic mass is 19.4. The first kappa shape index (κ1) is 23.6. The van der Waals surface area contributed by atoms with Gasteiger partial charge in [-0.1, -0.05) is 36.4 Å². The minimum atomic E-state index is -5.07. The minimum absolute atomic E-state index is 0.0172. The van der Waals surface area contributed by atoms with Gasteiger partial charge in [0, 0.05) is 17.9 Å². The number of pyridine rings is 1. The molecule has 4 nitrogen and oxygen atoms in total. The van der Waals surface area contributed by atoms with Gasteiger partial charge in [-0.05, 0) is 49.2 Å². The van der Waals surface area contributed by atoms with E-state index in [1.54, 1.807) is 60.7 Å². The minimum Gasteiger partial charge on any atom is -0.345 e. The van der Waals surface area contributed by atoms with Gasteiger partial charge in [0.15, 0.2) is 0 Å². The maximum atomic E-state index is 13.7. The molecule has 0 N–H and O–H groups in total. The quantitative estimate of drug-likeness (QED) is 0.404. The average Bonchev–Trinajstić information content (AvgIpc) is 3.29. The first-order chi connectivity index (χ1) is 16.1. The number of hydrogen-bond donors (Lipinski definition) is 0. The van der Waals surface area contributed by atoms with Crippen LogP contribution >= 0.6 is 0 Å². The molecule has 1 atom stereocenters. The van der Waals surface area contributed by atoms with E-state index in [9.17, 15) is 31.1 Å². The number of alkyl halides is 6. The predicted molar refractivity (Wildman–Crippen MR) is 115 cm³/mol. The number of anilines is 3. The van der Waals surface area contributed by atoms with Gasteiger partial charge in [-0.25, -0.2) is 4.98 Å². The lowest BCUT2D eigenvalue weighted by atomic mass is 10.1. The standard InChI is InChI=1S/C24H19F6N3O/c25-23(26,27)16-14-20(24(28,29)30)31-21(15-16)32-13-7-12-19(32)22(34)33(17-8-3-1-4-9-17)18-10-5-2-6-11-18/h1-6,8-11,14-15,19H,7,12-13H2. The van der Waals surface area contributed by atoms with E-state index in [2.05, 4.69) is 4.98 Å². The Morgan fingerprint density at radius 3 is 1.91 bits per heavy atom. The fourth-order valence-corrected chi connectivity index (χ4v) is 3.98. The van der Waals surface area contributed by atoms with Gasteiger partial charge in [-0.2, -0.15) is 26.3 Å². The second-order valence-corrected chi connectivity index (χ2v) is 7.79. The smallest absolute Gasteiger partial charge is 0.345 e. The molecule has 1 amide bonds. The first-order valence-corrected chi connectivity index (χ1v) is 10.4. The zero-order valence-electron chi connectivity index (χ0n) is 17.6. The number of aromatic nitrogens is 1. The molecule has 34 heavy (non-hydrogen) atoms. The Balaban J connectivity index is 1.76. The van der Waals surface area contributed by atoms with Gasteiger partial charge < -0.3 is 4.90 Å². The Bertz CT molecular complexity index is 1080. The third-order valence-corrected chi connectivity index (χ3v) is 5.51. The van der Waals surface area contributed by atoms with Crippen molar-refractivity contribution >= 4 is 23.1 Å². The van der Waals surface area contributed by atoms with Crippen LogP contribution in [0.2, 0.25) is 0 Å². The van der Waals surface area contributed by atoms with Crippen LogP contribution in [0, 0.1) is 0 Å². The molecule has 1 aromatic heterocycles. The van der Waals surface area contributed by atoms with E-state index in [1.807, 2.05) is 0 Å². The lowest BCUT2D eigenvalue weighted by molar-refractivity contribution is -0.145. The van der Waals surface area contributed by atoms with Gasteiger partial charge in [0.2, 0.25) is 0 Å². The third-order valence-electron chi connectivity index (χ3n) is 5.51. The molecule has 0 spiro atoms. The average molecular weight is 479 g/mol. The van der Waals surface area contributed by atoms with Crippen molar-refractivity contribution in [1.29, 1.82) is 0 Å². The van der Waals surface area contributed by atoms with Crippen molar-refractivity contribution in [3.63, 3.8) is 0 Å². The van der Waals surface area contributed by atoms with E-state index in [4.69, 9.17) is 0 Å². The van der Waals surface area contributed by atoms with Crippen LogP contribution in [-0.4, -0.2) is 23.5 Å². The van der Waals surface area contributed by atoms with E-state index in [0.717, 1.165) is 0 Å². The molecular weight excluding hydrogens is 460 g/mol. The van der Waals surface area contributed by atoms with Crippen LogP contribution in [-0.2, 0) is 17.1 Å². The number of para-hydroxylation sites is 2. The van der Waals surface area contributed by atoms with Crippen LogP contribution in [0.4, 0.5) is 43.5 Å². The number of carbonyl (C=O) groups is 1. The number of hydrogen-bond acceptors (Lipinski definition) is 3. The van der Waals surface area contributed by atoms with Crippen LogP contribution in [0.3, 0.4) is 0 Å². The molecule has 1 fully saturated rings. The molecule has 10 heteroatoms. The summed E-state index contributed by atoms with van der Waals surface area (Å²) in [5.74, 6) is -0.998. The second kappa shape index (κ2) is 9.00. The van der Waals surface area contributed by atoms with Gasteiger partial charge in [-0.15, -0.1) is 0 Å². The summed E-state index contributed by atoms with van der Waals surface area (Å²) in [5.41, 5.74) is -2.07. The van der Waals surface area contributed by atoms with Gasteiger partial charge in [0.25, 0.3) is 5.91 Å². The van der Waals surface area contributed by atoms with Crippen LogP contribution in [0.25, 0.3) is 0 Å². The second-order valence-electron chi connectivity index (χ2n) is 7.79.